The zero-order chi connectivity index (χ0) is 21.5. The first-order chi connectivity index (χ1) is 15.2. The van der Waals surface area contributed by atoms with Crippen molar-refractivity contribution in [2.45, 2.75) is 6.54 Å². The highest BCUT2D eigenvalue weighted by molar-refractivity contribution is 6.30. The number of para-hydroxylation sites is 1. The second-order valence-corrected chi connectivity index (χ2v) is 8.17. The molecule has 4 nitrogen and oxygen atoms in total. The van der Waals surface area contributed by atoms with E-state index in [2.05, 4.69) is 52.3 Å². The van der Waals surface area contributed by atoms with Gasteiger partial charge in [0.1, 0.15) is 18.4 Å². The number of halogens is 1. The SMILES string of the molecule is N#Cc1ccccc1OCCN1CCN(Cc2ccccc2-c2ccc(Cl)cc2)CC1. The molecule has 1 aliphatic heterocycles. The second kappa shape index (κ2) is 10.5. The number of rotatable bonds is 7. The van der Waals surface area contributed by atoms with Gasteiger partial charge in [-0.15, -0.1) is 0 Å². The molecule has 5 heteroatoms. The summed E-state index contributed by atoms with van der Waals surface area (Å²) in [6.45, 7) is 6.51. The van der Waals surface area contributed by atoms with Crippen LogP contribution in [0, 0.1) is 11.3 Å². The third-order valence-electron chi connectivity index (χ3n) is 5.70. The molecular formula is C26H26ClN3O. The predicted octanol–water partition coefficient (Wildman–Crippen LogP) is 5.08. The van der Waals surface area contributed by atoms with Gasteiger partial charge in [0, 0.05) is 44.3 Å². The molecule has 1 saturated heterocycles. The topological polar surface area (TPSA) is 39.5 Å². The lowest BCUT2D eigenvalue weighted by molar-refractivity contribution is 0.112. The van der Waals surface area contributed by atoms with E-state index < -0.39 is 0 Å². The summed E-state index contributed by atoms with van der Waals surface area (Å²) in [5.74, 6) is 0.669. The van der Waals surface area contributed by atoms with E-state index in [4.69, 9.17) is 21.6 Å². The van der Waals surface area contributed by atoms with Crippen molar-refractivity contribution in [2.24, 2.45) is 0 Å². The molecule has 31 heavy (non-hydrogen) atoms. The monoisotopic (exact) mass is 431 g/mol. The minimum absolute atomic E-state index is 0.590. The van der Waals surface area contributed by atoms with Crippen molar-refractivity contribution >= 4 is 11.6 Å². The number of nitrogens with zero attached hydrogens (tertiary/aromatic N) is 3. The van der Waals surface area contributed by atoms with E-state index in [9.17, 15) is 0 Å². The lowest BCUT2D eigenvalue weighted by Gasteiger charge is -2.35. The number of hydrogen-bond donors (Lipinski definition) is 0. The third kappa shape index (κ3) is 5.65. The minimum atomic E-state index is 0.590. The zero-order valence-electron chi connectivity index (χ0n) is 17.5. The van der Waals surface area contributed by atoms with Gasteiger partial charge in [0.15, 0.2) is 0 Å². The number of ether oxygens (including phenoxy) is 1. The Morgan fingerprint density at radius 2 is 1.52 bits per heavy atom. The van der Waals surface area contributed by atoms with Crippen molar-refractivity contribution in [2.75, 3.05) is 39.3 Å². The summed E-state index contributed by atoms with van der Waals surface area (Å²) in [4.78, 5) is 4.94. The van der Waals surface area contributed by atoms with Gasteiger partial charge in [-0.3, -0.25) is 9.80 Å². The molecule has 3 aromatic carbocycles. The highest BCUT2D eigenvalue weighted by Gasteiger charge is 2.18. The molecule has 1 aliphatic rings. The van der Waals surface area contributed by atoms with E-state index in [1.54, 1.807) is 6.07 Å². The summed E-state index contributed by atoms with van der Waals surface area (Å²) in [5.41, 5.74) is 4.40. The van der Waals surface area contributed by atoms with Crippen LogP contribution in [0.15, 0.2) is 72.8 Å². The Kier molecular flexibility index (Phi) is 7.22. The van der Waals surface area contributed by atoms with Crippen LogP contribution >= 0.6 is 11.6 Å². The fourth-order valence-electron chi connectivity index (χ4n) is 3.95. The highest BCUT2D eigenvalue weighted by atomic mass is 35.5. The molecule has 0 amide bonds. The molecule has 0 atom stereocenters. The maximum absolute atomic E-state index is 9.17. The van der Waals surface area contributed by atoms with Gasteiger partial charge in [-0.05, 0) is 41.0 Å². The number of hydrogen-bond acceptors (Lipinski definition) is 4. The summed E-state index contributed by atoms with van der Waals surface area (Å²) < 4.78 is 5.84. The van der Waals surface area contributed by atoms with Crippen molar-refractivity contribution in [3.8, 4) is 22.9 Å². The average Bonchev–Trinajstić information content (AvgIpc) is 2.81. The molecule has 0 N–H and O–H groups in total. The molecule has 4 rings (SSSR count). The predicted molar refractivity (Wildman–Crippen MR) is 125 cm³/mol. The van der Waals surface area contributed by atoms with E-state index in [1.165, 1.54) is 16.7 Å². The first-order valence-electron chi connectivity index (χ1n) is 10.6. The van der Waals surface area contributed by atoms with Crippen LogP contribution in [-0.2, 0) is 6.54 Å². The standard InChI is InChI=1S/C26H26ClN3O/c27-24-11-9-21(10-12-24)25-7-3-1-6-23(25)20-30-15-13-29(14-16-30)17-18-31-26-8-4-2-5-22(26)19-28/h1-12H,13-18,20H2. The van der Waals surface area contributed by atoms with Gasteiger partial charge in [-0.25, -0.2) is 0 Å². The molecular weight excluding hydrogens is 406 g/mol. The zero-order valence-corrected chi connectivity index (χ0v) is 18.3. The summed E-state index contributed by atoms with van der Waals surface area (Å²) in [5, 5.41) is 9.93. The smallest absolute Gasteiger partial charge is 0.137 e. The van der Waals surface area contributed by atoms with E-state index >= 15 is 0 Å². The van der Waals surface area contributed by atoms with Crippen molar-refractivity contribution in [1.82, 2.24) is 9.80 Å². The van der Waals surface area contributed by atoms with E-state index in [0.717, 1.165) is 44.3 Å². The van der Waals surface area contributed by atoms with Crippen LogP contribution in [0.3, 0.4) is 0 Å². The van der Waals surface area contributed by atoms with Crippen molar-refractivity contribution < 1.29 is 4.74 Å². The van der Waals surface area contributed by atoms with Gasteiger partial charge < -0.3 is 4.74 Å². The molecule has 0 spiro atoms. The van der Waals surface area contributed by atoms with Crippen molar-refractivity contribution in [3.05, 3.63) is 88.9 Å². The van der Waals surface area contributed by atoms with Crippen LogP contribution < -0.4 is 4.74 Å². The first-order valence-corrected chi connectivity index (χ1v) is 11.0. The molecule has 0 bridgehead atoms. The average molecular weight is 432 g/mol. The summed E-state index contributed by atoms with van der Waals surface area (Å²) in [6.07, 6.45) is 0. The lowest BCUT2D eigenvalue weighted by atomic mass is 9.99. The third-order valence-corrected chi connectivity index (χ3v) is 5.96. The summed E-state index contributed by atoms with van der Waals surface area (Å²) in [7, 11) is 0. The van der Waals surface area contributed by atoms with Crippen LogP contribution in [0.2, 0.25) is 5.02 Å². The Balaban J connectivity index is 1.28. The molecule has 0 unspecified atom stereocenters. The minimum Gasteiger partial charge on any atom is -0.491 e. The van der Waals surface area contributed by atoms with Crippen molar-refractivity contribution in [3.63, 3.8) is 0 Å². The maximum Gasteiger partial charge on any atom is 0.137 e. The second-order valence-electron chi connectivity index (χ2n) is 7.74. The van der Waals surface area contributed by atoms with Crippen LogP contribution in [0.5, 0.6) is 5.75 Å². The Hall–Kier alpha value is -2.84. The van der Waals surface area contributed by atoms with Crippen LogP contribution in [0.1, 0.15) is 11.1 Å². The molecule has 1 fully saturated rings. The Bertz CT molecular complexity index is 1040. The lowest BCUT2D eigenvalue weighted by Crippen LogP contribution is -2.47. The Morgan fingerprint density at radius 1 is 0.839 bits per heavy atom. The van der Waals surface area contributed by atoms with Gasteiger partial charge in [0.05, 0.1) is 5.56 Å². The van der Waals surface area contributed by atoms with Crippen LogP contribution in [0.25, 0.3) is 11.1 Å². The quantitative estimate of drug-likeness (QED) is 0.523. The largest absolute Gasteiger partial charge is 0.491 e. The number of piperazine rings is 1. The highest BCUT2D eigenvalue weighted by Crippen LogP contribution is 2.26. The molecule has 0 aromatic heterocycles. The van der Waals surface area contributed by atoms with Crippen molar-refractivity contribution in [1.29, 1.82) is 5.26 Å². The number of benzene rings is 3. The van der Waals surface area contributed by atoms with Gasteiger partial charge in [0.25, 0.3) is 0 Å². The Morgan fingerprint density at radius 3 is 2.29 bits per heavy atom. The van der Waals surface area contributed by atoms with E-state index in [-0.39, 0.29) is 0 Å². The van der Waals surface area contributed by atoms with Crippen LogP contribution in [0.4, 0.5) is 0 Å². The maximum atomic E-state index is 9.17. The molecule has 0 radical (unpaired) electrons. The fourth-order valence-corrected chi connectivity index (χ4v) is 4.08. The summed E-state index contributed by atoms with van der Waals surface area (Å²) >= 11 is 6.06. The van der Waals surface area contributed by atoms with Crippen LogP contribution in [-0.4, -0.2) is 49.1 Å². The Labute approximate surface area is 189 Å². The van der Waals surface area contributed by atoms with Gasteiger partial charge in [-0.1, -0.05) is 60.1 Å². The van der Waals surface area contributed by atoms with Gasteiger partial charge in [0.2, 0.25) is 0 Å². The summed E-state index contributed by atoms with van der Waals surface area (Å²) in [6, 6.07) is 26.3. The molecule has 158 valence electrons. The molecule has 1 heterocycles. The first kappa shape index (κ1) is 21.4. The van der Waals surface area contributed by atoms with E-state index in [1.807, 2.05) is 30.3 Å². The van der Waals surface area contributed by atoms with Gasteiger partial charge in [-0.2, -0.15) is 5.26 Å². The fraction of sp³-hybridized carbons (Fsp3) is 0.269. The van der Waals surface area contributed by atoms with E-state index in [0.29, 0.717) is 17.9 Å². The molecule has 0 aliphatic carbocycles. The molecule has 0 saturated carbocycles. The van der Waals surface area contributed by atoms with Gasteiger partial charge >= 0.3 is 0 Å². The number of nitriles is 1. The molecule has 3 aromatic rings. The normalized spacial score (nSPS) is 14.8.